The molecule has 0 fully saturated rings. The summed E-state index contributed by atoms with van der Waals surface area (Å²) in [4.78, 5) is 39.6. The average Bonchev–Trinajstić information content (AvgIpc) is 2.44. The topological polar surface area (TPSA) is 99.8 Å². The Hall–Kier alpha value is -3.09. The number of hydrogen-bond acceptors (Lipinski definition) is 4. The van der Waals surface area contributed by atoms with Gasteiger partial charge in [-0.15, -0.1) is 0 Å². The number of aromatic nitrogens is 3. The van der Waals surface area contributed by atoms with Crippen LogP contribution in [0.2, 0.25) is 0 Å². The van der Waals surface area contributed by atoms with Gasteiger partial charge in [-0.1, -0.05) is 18.2 Å². The summed E-state index contributed by atoms with van der Waals surface area (Å²) >= 11 is 0. The van der Waals surface area contributed by atoms with Gasteiger partial charge in [-0.2, -0.15) is 0 Å². The minimum absolute atomic E-state index is 0.214. The number of nitrogens with one attached hydrogen (secondary N) is 3. The SMILES string of the molecule is O=c1cc2c(c[nH]1)c(=O)[nH]c(=O)n2Nc1ccccc1. The fraction of sp³-hybridized carbons (Fsp3) is 0. The van der Waals surface area contributed by atoms with Crippen LogP contribution in [0.1, 0.15) is 0 Å². The molecule has 0 radical (unpaired) electrons. The Morgan fingerprint density at radius 1 is 1.05 bits per heavy atom. The Labute approximate surface area is 111 Å². The first-order valence-electron chi connectivity index (χ1n) is 5.85. The molecule has 0 aliphatic heterocycles. The molecule has 7 heteroatoms. The zero-order valence-corrected chi connectivity index (χ0v) is 10.2. The van der Waals surface area contributed by atoms with Crippen molar-refractivity contribution in [3.8, 4) is 0 Å². The molecule has 3 rings (SSSR count). The summed E-state index contributed by atoms with van der Waals surface area (Å²) in [5.74, 6) is 0. The fourth-order valence-corrected chi connectivity index (χ4v) is 1.91. The van der Waals surface area contributed by atoms with E-state index in [4.69, 9.17) is 0 Å². The van der Waals surface area contributed by atoms with Crippen LogP contribution in [-0.2, 0) is 0 Å². The third-order valence-electron chi connectivity index (χ3n) is 2.83. The third kappa shape index (κ3) is 2.01. The van der Waals surface area contributed by atoms with E-state index in [-0.39, 0.29) is 10.9 Å². The van der Waals surface area contributed by atoms with E-state index in [1.165, 1.54) is 12.3 Å². The lowest BCUT2D eigenvalue weighted by Gasteiger charge is -2.11. The van der Waals surface area contributed by atoms with Crippen LogP contribution < -0.4 is 22.2 Å². The largest absolute Gasteiger partial charge is 0.347 e. The fourth-order valence-electron chi connectivity index (χ4n) is 1.91. The number of fused-ring (bicyclic) bond motifs is 1. The summed E-state index contributed by atoms with van der Waals surface area (Å²) in [5, 5.41) is 0.215. The van der Waals surface area contributed by atoms with Gasteiger partial charge in [0.1, 0.15) is 0 Å². The molecular formula is C13H10N4O3. The summed E-state index contributed by atoms with van der Waals surface area (Å²) in [5.41, 5.74) is 2.13. The maximum atomic E-state index is 11.9. The molecule has 3 N–H and O–H groups in total. The zero-order chi connectivity index (χ0) is 14.1. The standard InChI is InChI=1S/C13H10N4O3/c18-11-6-10-9(7-14-11)12(19)15-13(20)17(10)16-8-4-2-1-3-5-8/h1-7,16H,(H,14,18)(H,15,19,20). The first-order chi connectivity index (χ1) is 9.65. The molecule has 2 aromatic heterocycles. The zero-order valence-electron chi connectivity index (χ0n) is 10.2. The third-order valence-corrected chi connectivity index (χ3v) is 2.83. The Kier molecular flexibility index (Phi) is 2.72. The normalized spacial score (nSPS) is 10.6. The van der Waals surface area contributed by atoms with E-state index in [0.29, 0.717) is 5.69 Å². The second-order valence-corrected chi connectivity index (χ2v) is 4.17. The maximum absolute atomic E-state index is 11.9. The van der Waals surface area contributed by atoms with Crippen LogP contribution in [-0.4, -0.2) is 14.6 Å². The Morgan fingerprint density at radius 2 is 1.80 bits per heavy atom. The van der Waals surface area contributed by atoms with Gasteiger partial charge in [-0.25, -0.2) is 9.47 Å². The van der Waals surface area contributed by atoms with Gasteiger partial charge in [0.15, 0.2) is 0 Å². The van der Waals surface area contributed by atoms with Gasteiger partial charge in [-0.05, 0) is 12.1 Å². The molecule has 0 bridgehead atoms. The number of benzene rings is 1. The monoisotopic (exact) mass is 270 g/mol. The second-order valence-electron chi connectivity index (χ2n) is 4.17. The van der Waals surface area contributed by atoms with Gasteiger partial charge < -0.3 is 4.98 Å². The average molecular weight is 270 g/mol. The lowest BCUT2D eigenvalue weighted by molar-refractivity contribution is 0.872. The highest BCUT2D eigenvalue weighted by Crippen LogP contribution is 2.07. The number of nitrogens with zero attached hydrogens (tertiary/aromatic N) is 1. The molecule has 20 heavy (non-hydrogen) atoms. The van der Waals surface area contributed by atoms with Crippen LogP contribution in [0.5, 0.6) is 0 Å². The number of para-hydroxylation sites is 1. The van der Waals surface area contributed by atoms with Crippen LogP contribution in [0, 0.1) is 0 Å². The predicted octanol–water partition coefficient (Wildman–Crippen LogP) is 0.253. The van der Waals surface area contributed by atoms with Crippen molar-refractivity contribution < 1.29 is 0 Å². The van der Waals surface area contributed by atoms with Crippen molar-refractivity contribution in [2.75, 3.05) is 5.43 Å². The van der Waals surface area contributed by atoms with Crippen LogP contribution in [0.15, 0.2) is 57.0 Å². The Morgan fingerprint density at radius 3 is 2.55 bits per heavy atom. The highest BCUT2D eigenvalue weighted by Gasteiger charge is 2.08. The van der Waals surface area contributed by atoms with Gasteiger partial charge in [0.05, 0.1) is 16.6 Å². The quantitative estimate of drug-likeness (QED) is 0.621. The van der Waals surface area contributed by atoms with E-state index in [1.807, 2.05) is 6.07 Å². The van der Waals surface area contributed by atoms with Crippen LogP contribution >= 0.6 is 0 Å². The summed E-state index contributed by atoms with van der Waals surface area (Å²) in [6.45, 7) is 0. The number of anilines is 1. The van der Waals surface area contributed by atoms with Crippen LogP contribution in [0.25, 0.3) is 10.9 Å². The van der Waals surface area contributed by atoms with E-state index in [2.05, 4.69) is 15.4 Å². The second kappa shape index (κ2) is 4.54. The first kappa shape index (κ1) is 12.0. The number of pyridine rings is 1. The minimum atomic E-state index is -0.642. The molecule has 0 unspecified atom stereocenters. The summed E-state index contributed by atoms with van der Waals surface area (Å²) < 4.78 is 1.13. The molecule has 0 spiro atoms. The Bertz CT molecular complexity index is 937. The van der Waals surface area contributed by atoms with E-state index >= 15 is 0 Å². The smallest absolute Gasteiger partial charge is 0.328 e. The van der Waals surface area contributed by atoms with E-state index in [0.717, 1.165) is 4.68 Å². The molecule has 2 heterocycles. The molecule has 0 aliphatic rings. The van der Waals surface area contributed by atoms with Crippen molar-refractivity contribution in [3.05, 3.63) is 73.8 Å². The molecule has 0 amide bonds. The lowest BCUT2D eigenvalue weighted by Crippen LogP contribution is -2.34. The summed E-state index contributed by atoms with van der Waals surface area (Å²) in [6.07, 6.45) is 1.28. The van der Waals surface area contributed by atoms with Crippen LogP contribution in [0.3, 0.4) is 0 Å². The Balaban J connectivity index is 2.29. The van der Waals surface area contributed by atoms with Crippen LogP contribution in [0.4, 0.5) is 5.69 Å². The van der Waals surface area contributed by atoms with E-state index in [1.54, 1.807) is 24.3 Å². The van der Waals surface area contributed by atoms with Gasteiger partial charge in [0, 0.05) is 12.3 Å². The van der Waals surface area contributed by atoms with Gasteiger partial charge in [-0.3, -0.25) is 20.0 Å². The number of aromatic amines is 2. The molecule has 7 nitrogen and oxygen atoms in total. The molecule has 0 saturated carbocycles. The molecule has 0 aliphatic carbocycles. The summed E-state index contributed by atoms with van der Waals surface area (Å²) in [7, 11) is 0. The number of H-pyrrole nitrogens is 2. The lowest BCUT2D eigenvalue weighted by atomic mass is 10.3. The predicted molar refractivity (Wildman–Crippen MR) is 74.9 cm³/mol. The van der Waals surface area contributed by atoms with E-state index in [9.17, 15) is 14.4 Å². The summed E-state index contributed by atoms with van der Waals surface area (Å²) in [6, 6.07) is 10.2. The van der Waals surface area contributed by atoms with Crippen molar-refractivity contribution in [1.29, 1.82) is 0 Å². The highest BCUT2D eigenvalue weighted by molar-refractivity contribution is 5.77. The van der Waals surface area contributed by atoms with Gasteiger partial charge in [0.2, 0.25) is 5.56 Å². The van der Waals surface area contributed by atoms with Crippen molar-refractivity contribution in [3.63, 3.8) is 0 Å². The van der Waals surface area contributed by atoms with Crippen molar-refractivity contribution in [2.45, 2.75) is 0 Å². The molecule has 0 saturated heterocycles. The number of hydrogen-bond donors (Lipinski definition) is 3. The first-order valence-corrected chi connectivity index (χ1v) is 5.85. The molecule has 3 aromatic rings. The van der Waals surface area contributed by atoms with Crippen molar-refractivity contribution in [2.24, 2.45) is 0 Å². The van der Waals surface area contributed by atoms with Gasteiger partial charge in [0.25, 0.3) is 5.56 Å². The van der Waals surface area contributed by atoms with Gasteiger partial charge >= 0.3 is 5.69 Å². The van der Waals surface area contributed by atoms with Crippen molar-refractivity contribution in [1.82, 2.24) is 14.6 Å². The molecule has 100 valence electrons. The highest BCUT2D eigenvalue weighted by atomic mass is 16.2. The molecule has 0 atom stereocenters. The molecule has 1 aromatic carbocycles. The van der Waals surface area contributed by atoms with E-state index < -0.39 is 16.8 Å². The minimum Gasteiger partial charge on any atom is -0.328 e. The number of rotatable bonds is 2. The maximum Gasteiger partial charge on any atom is 0.347 e. The van der Waals surface area contributed by atoms with Crippen molar-refractivity contribution >= 4 is 16.6 Å². The molecular weight excluding hydrogens is 260 g/mol.